The summed E-state index contributed by atoms with van der Waals surface area (Å²) in [5.74, 6) is 0.197. The molecule has 6 heteroatoms. The van der Waals surface area contributed by atoms with Crippen molar-refractivity contribution >= 4 is 16.9 Å². The molecular weight excluding hydrogens is 319 g/mol. The third kappa shape index (κ3) is 2.19. The lowest BCUT2D eigenvalue weighted by molar-refractivity contribution is 0.596. The van der Waals surface area contributed by atoms with Gasteiger partial charge in [-0.2, -0.15) is 4.98 Å². The standard InChI is InChI=1S/C19H11FN4O/c20-14-4-1-12(2-5-14)17-18(24-9-10-25-19(24)23-17)13-3-6-15-16(11-13)22-8-7-21-15/h1-11H. The normalized spacial score (nSPS) is 11.4. The van der Waals surface area contributed by atoms with E-state index in [1.54, 1.807) is 30.8 Å². The van der Waals surface area contributed by atoms with E-state index in [0.29, 0.717) is 5.84 Å². The van der Waals surface area contributed by atoms with E-state index in [1.165, 1.54) is 12.1 Å². The minimum absolute atomic E-state index is 0.283. The number of imidazole rings is 1. The number of hydrogen-bond acceptors (Lipinski definition) is 4. The summed E-state index contributed by atoms with van der Waals surface area (Å²) < 4.78 is 20.6. The second kappa shape index (κ2) is 5.24. The van der Waals surface area contributed by atoms with Gasteiger partial charge in [-0.1, -0.05) is 6.07 Å². The molecule has 0 unspecified atom stereocenters. The van der Waals surface area contributed by atoms with Gasteiger partial charge in [-0.25, -0.2) is 4.39 Å². The van der Waals surface area contributed by atoms with Crippen molar-refractivity contribution in [2.75, 3.05) is 0 Å². The summed E-state index contributed by atoms with van der Waals surface area (Å²) in [6, 6.07) is 12.1. The van der Waals surface area contributed by atoms with Crippen LogP contribution in [0.4, 0.5) is 4.39 Å². The Morgan fingerprint density at radius 2 is 1.64 bits per heavy atom. The maximum absolute atomic E-state index is 13.3. The minimum atomic E-state index is -0.283. The van der Waals surface area contributed by atoms with E-state index in [4.69, 9.17) is 4.42 Å². The zero-order chi connectivity index (χ0) is 16.8. The molecule has 0 N–H and O–H groups in total. The van der Waals surface area contributed by atoms with Crippen molar-refractivity contribution in [1.29, 1.82) is 0 Å². The van der Waals surface area contributed by atoms with Crippen molar-refractivity contribution in [3.8, 4) is 22.5 Å². The molecule has 0 saturated heterocycles. The van der Waals surface area contributed by atoms with E-state index in [1.807, 2.05) is 28.8 Å². The van der Waals surface area contributed by atoms with Crippen LogP contribution >= 0.6 is 0 Å². The average molecular weight is 330 g/mol. The molecule has 0 bridgehead atoms. The molecule has 0 amide bonds. The number of halogens is 1. The smallest absolute Gasteiger partial charge is 0.306 e. The molecule has 3 aromatic heterocycles. The summed E-state index contributed by atoms with van der Waals surface area (Å²) in [7, 11) is 0. The van der Waals surface area contributed by atoms with Crippen LogP contribution in [0, 0.1) is 5.82 Å². The molecule has 5 nitrogen and oxygen atoms in total. The van der Waals surface area contributed by atoms with Gasteiger partial charge in [-0.05, 0) is 36.4 Å². The van der Waals surface area contributed by atoms with E-state index in [2.05, 4.69) is 15.0 Å². The maximum Gasteiger partial charge on any atom is 0.306 e. The fraction of sp³-hybridized carbons (Fsp3) is 0. The number of hydrogen-bond donors (Lipinski definition) is 0. The van der Waals surface area contributed by atoms with Crippen LogP contribution in [0.25, 0.3) is 39.4 Å². The predicted molar refractivity (Wildman–Crippen MR) is 91.4 cm³/mol. The third-order valence-corrected chi connectivity index (χ3v) is 4.12. The van der Waals surface area contributed by atoms with Gasteiger partial charge in [0.15, 0.2) is 0 Å². The molecule has 2 aromatic carbocycles. The summed E-state index contributed by atoms with van der Waals surface area (Å²) in [4.78, 5) is 13.2. The van der Waals surface area contributed by atoms with Gasteiger partial charge in [-0.3, -0.25) is 14.4 Å². The monoisotopic (exact) mass is 330 g/mol. The second-order valence-corrected chi connectivity index (χ2v) is 5.63. The molecule has 0 fully saturated rings. The first-order valence-electron chi connectivity index (χ1n) is 7.72. The van der Waals surface area contributed by atoms with E-state index in [0.717, 1.165) is 33.5 Å². The van der Waals surface area contributed by atoms with Gasteiger partial charge >= 0.3 is 5.84 Å². The molecule has 0 aliphatic heterocycles. The largest absolute Gasteiger partial charge is 0.432 e. The van der Waals surface area contributed by atoms with Crippen LogP contribution in [-0.4, -0.2) is 19.4 Å². The summed E-state index contributed by atoms with van der Waals surface area (Å²) in [5.41, 5.74) is 4.95. The number of fused-ring (bicyclic) bond motifs is 2. The number of nitrogens with zero attached hydrogens (tertiary/aromatic N) is 4. The highest BCUT2D eigenvalue weighted by atomic mass is 19.1. The Hall–Kier alpha value is -3.54. The molecule has 0 atom stereocenters. The number of rotatable bonds is 2. The Balaban J connectivity index is 1.79. The van der Waals surface area contributed by atoms with Crippen molar-refractivity contribution in [3.05, 3.63) is 73.1 Å². The van der Waals surface area contributed by atoms with E-state index >= 15 is 0 Å². The molecule has 5 rings (SSSR count). The Labute approximate surface area is 141 Å². The van der Waals surface area contributed by atoms with Crippen molar-refractivity contribution < 1.29 is 8.81 Å². The Morgan fingerprint density at radius 1 is 0.880 bits per heavy atom. The van der Waals surface area contributed by atoms with Crippen molar-refractivity contribution in [2.45, 2.75) is 0 Å². The minimum Gasteiger partial charge on any atom is -0.432 e. The first kappa shape index (κ1) is 13.9. The molecule has 120 valence electrons. The lowest BCUT2D eigenvalue weighted by atomic mass is 10.0. The summed E-state index contributed by atoms with van der Waals surface area (Å²) in [5, 5.41) is 0. The fourth-order valence-corrected chi connectivity index (χ4v) is 2.98. The van der Waals surface area contributed by atoms with Crippen LogP contribution < -0.4 is 0 Å². The molecule has 0 aliphatic carbocycles. The third-order valence-electron chi connectivity index (χ3n) is 4.12. The molecular formula is C19H11FN4O. The molecule has 25 heavy (non-hydrogen) atoms. The maximum atomic E-state index is 13.3. The van der Waals surface area contributed by atoms with Crippen LogP contribution in [0.15, 0.2) is 71.7 Å². The van der Waals surface area contributed by atoms with Crippen LogP contribution in [0.2, 0.25) is 0 Å². The highest BCUT2D eigenvalue weighted by molar-refractivity contribution is 5.86. The van der Waals surface area contributed by atoms with Crippen LogP contribution in [0.3, 0.4) is 0 Å². The highest BCUT2D eigenvalue weighted by Gasteiger charge is 2.18. The molecule has 0 spiro atoms. The number of benzene rings is 2. The Kier molecular flexibility index (Phi) is 2.90. The van der Waals surface area contributed by atoms with Gasteiger partial charge in [0.25, 0.3) is 0 Å². The molecule has 3 heterocycles. The molecule has 0 radical (unpaired) electrons. The Morgan fingerprint density at radius 3 is 2.48 bits per heavy atom. The average Bonchev–Trinajstić information content (AvgIpc) is 3.23. The first-order valence-corrected chi connectivity index (χ1v) is 7.72. The van der Waals surface area contributed by atoms with E-state index < -0.39 is 0 Å². The van der Waals surface area contributed by atoms with Crippen molar-refractivity contribution in [1.82, 2.24) is 19.4 Å². The molecule has 0 saturated carbocycles. The summed E-state index contributed by atoms with van der Waals surface area (Å²) in [6.07, 6.45) is 6.72. The van der Waals surface area contributed by atoms with Crippen molar-refractivity contribution in [3.63, 3.8) is 0 Å². The highest BCUT2D eigenvalue weighted by Crippen LogP contribution is 2.34. The number of oxazole rings is 1. The van der Waals surface area contributed by atoms with Crippen LogP contribution in [-0.2, 0) is 0 Å². The van der Waals surface area contributed by atoms with Gasteiger partial charge in [0, 0.05) is 29.7 Å². The SMILES string of the molecule is Fc1ccc(-c2nc3occn3c2-c2ccc3nccnc3c2)cc1. The van der Waals surface area contributed by atoms with E-state index in [-0.39, 0.29) is 5.82 Å². The zero-order valence-electron chi connectivity index (χ0n) is 12.9. The lowest BCUT2D eigenvalue weighted by Gasteiger charge is -2.06. The van der Waals surface area contributed by atoms with Gasteiger partial charge < -0.3 is 4.42 Å². The molecule has 5 aromatic rings. The van der Waals surface area contributed by atoms with Gasteiger partial charge in [0.2, 0.25) is 0 Å². The topological polar surface area (TPSA) is 56.2 Å². The van der Waals surface area contributed by atoms with Crippen LogP contribution in [0.1, 0.15) is 0 Å². The van der Waals surface area contributed by atoms with Gasteiger partial charge in [-0.15, -0.1) is 0 Å². The van der Waals surface area contributed by atoms with Gasteiger partial charge in [0.1, 0.15) is 17.8 Å². The quantitative estimate of drug-likeness (QED) is 0.483. The van der Waals surface area contributed by atoms with Crippen molar-refractivity contribution in [2.24, 2.45) is 0 Å². The Bertz CT molecular complexity index is 1210. The summed E-state index contributed by atoms with van der Waals surface area (Å²) >= 11 is 0. The van der Waals surface area contributed by atoms with E-state index in [9.17, 15) is 4.39 Å². The second-order valence-electron chi connectivity index (χ2n) is 5.63. The van der Waals surface area contributed by atoms with Crippen LogP contribution in [0.5, 0.6) is 0 Å². The molecule has 0 aliphatic rings. The fourth-order valence-electron chi connectivity index (χ4n) is 2.98. The number of aromatic nitrogens is 4. The zero-order valence-corrected chi connectivity index (χ0v) is 12.9. The summed E-state index contributed by atoms with van der Waals surface area (Å²) in [6.45, 7) is 0. The van der Waals surface area contributed by atoms with Gasteiger partial charge in [0.05, 0.1) is 16.7 Å². The lowest BCUT2D eigenvalue weighted by Crippen LogP contribution is -1.90. The predicted octanol–water partition coefficient (Wildman–Crippen LogP) is 4.34. The first-order chi connectivity index (χ1) is 12.3.